The highest BCUT2D eigenvalue weighted by molar-refractivity contribution is 7.89. The van der Waals surface area contributed by atoms with Gasteiger partial charge in [0.2, 0.25) is 10.0 Å². The molecule has 1 aliphatic heterocycles. The van der Waals surface area contributed by atoms with Gasteiger partial charge in [-0.05, 0) is 19.3 Å². The highest BCUT2D eigenvalue weighted by atomic mass is 32.2. The van der Waals surface area contributed by atoms with Gasteiger partial charge in [-0.3, -0.25) is 0 Å². The molecule has 1 heterocycles. The second-order valence-electron chi connectivity index (χ2n) is 5.48. The standard InChI is InChI=1S/C13H13F4NO3S/c14-7-4-8(15)12(17)13(11(7)16)22(19,20)18-9-5-10-6(9)2-1-3-21-10/h4,6,9-10,18H,1-3,5H2. The minimum absolute atomic E-state index is 0.0297. The average Bonchev–Trinajstić information content (AvgIpc) is 2.43. The summed E-state index contributed by atoms with van der Waals surface area (Å²) in [5.41, 5.74) is 0. The van der Waals surface area contributed by atoms with Crippen LogP contribution in [-0.2, 0) is 14.8 Å². The third-order valence-corrected chi connectivity index (χ3v) is 5.65. The van der Waals surface area contributed by atoms with E-state index in [0.29, 0.717) is 13.0 Å². The van der Waals surface area contributed by atoms with E-state index in [4.69, 9.17) is 4.74 Å². The van der Waals surface area contributed by atoms with Crippen LogP contribution in [0.5, 0.6) is 0 Å². The number of halogens is 4. The van der Waals surface area contributed by atoms with Gasteiger partial charge in [0.1, 0.15) is 0 Å². The molecule has 0 amide bonds. The summed E-state index contributed by atoms with van der Waals surface area (Å²) in [6, 6.07) is -0.585. The maximum absolute atomic E-state index is 13.6. The van der Waals surface area contributed by atoms with Crippen molar-refractivity contribution in [2.24, 2.45) is 5.92 Å². The van der Waals surface area contributed by atoms with Crippen LogP contribution in [0.2, 0.25) is 0 Å². The third kappa shape index (κ3) is 2.50. The normalized spacial score (nSPS) is 28.1. The molecule has 1 aliphatic carbocycles. The van der Waals surface area contributed by atoms with Crippen molar-refractivity contribution in [3.8, 4) is 0 Å². The zero-order chi connectivity index (χ0) is 16.1. The number of ether oxygens (including phenoxy) is 1. The van der Waals surface area contributed by atoms with E-state index in [1.807, 2.05) is 0 Å². The number of rotatable bonds is 3. The molecule has 1 saturated carbocycles. The summed E-state index contributed by atoms with van der Waals surface area (Å²) in [5, 5.41) is 0. The first-order valence-corrected chi connectivity index (χ1v) is 8.26. The minimum atomic E-state index is -4.71. The largest absolute Gasteiger partial charge is 0.378 e. The number of fused-ring (bicyclic) bond motifs is 1. The Morgan fingerprint density at radius 1 is 1.14 bits per heavy atom. The van der Waals surface area contributed by atoms with Crippen molar-refractivity contribution in [3.05, 3.63) is 29.3 Å². The van der Waals surface area contributed by atoms with Crippen LogP contribution in [0.1, 0.15) is 19.3 Å². The molecular formula is C13H13F4NO3S. The molecule has 3 unspecified atom stereocenters. The van der Waals surface area contributed by atoms with Gasteiger partial charge in [0.05, 0.1) is 6.10 Å². The zero-order valence-corrected chi connectivity index (χ0v) is 12.1. The van der Waals surface area contributed by atoms with Crippen LogP contribution in [0.25, 0.3) is 0 Å². The summed E-state index contributed by atoms with van der Waals surface area (Å²) in [7, 11) is -4.71. The van der Waals surface area contributed by atoms with E-state index in [1.165, 1.54) is 0 Å². The van der Waals surface area contributed by atoms with E-state index in [0.717, 1.165) is 12.8 Å². The molecule has 0 aromatic heterocycles. The Morgan fingerprint density at radius 3 is 2.36 bits per heavy atom. The average molecular weight is 339 g/mol. The maximum atomic E-state index is 13.6. The number of benzene rings is 1. The molecule has 122 valence electrons. The molecule has 22 heavy (non-hydrogen) atoms. The van der Waals surface area contributed by atoms with Crippen LogP contribution < -0.4 is 4.72 Å². The lowest BCUT2D eigenvalue weighted by atomic mass is 9.73. The van der Waals surface area contributed by atoms with Gasteiger partial charge in [0.15, 0.2) is 28.2 Å². The first-order valence-electron chi connectivity index (χ1n) is 6.78. The number of nitrogens with one attached hydrogen (secondary N) is 1. The second kappa shape index (κ2) is 5.47. The van der Waals surface area contributed by atoms with Gasteiger partial charge in [0.25, 0.3) is 0 Å². The molecule has 0 spiro atoms. The topological polar surface area (TPSA) is 55.4 Å². The van der Waals surface area contributed by atoms with Crippen LogP contribution in [0.4, 0.5) is 17.6 Å². The summed E-state index contributed by atoms with van der Waals surface area (Å²) in [6.45, 7) is 0.596. The Morgan fingerprint density at radius 2 is 1.77 bits per heavy atom. The van der Waals surface area contributed by atoms with Crippen LogP contribution in [-0.4, -0.2) is 27.2 Å². The van der Waals surface area contributed by atoms with Gasteiger partial charge in [-0.2, -0.15) is 0 Å². The molecule has 1 aromatic carbocycles. The summed E-state index contributed by atoms with van der Waals surface area (Å²) in [5.74, 6) is -7.46. The van der Waals surface area contributed by atoms with Crippen molar-refractivity contribution in [1.82, 2.24) is 4.72 Å². The Kier molecular flexibility index (Phi) is 3.90. The minimum Gasteiger partial charge on any atom is -0.378 e. The van der Waals surface area contributed by atoms with Gasteiger partial charge in [-0.25, -0.2) is 30.7 Å². The lowest BCUT2D eigenvalue weighted by Gasteiger charge is -2.47. The maximum Gasteiger partial charge on any atom is 0.246 e. The van der Waals surface area contributed by atoms with Gasteiger partial charge in [0, 0.05) is 24.6 Å². The Hall–Kier alpha value is -1.19. The number of sulfonamides is 1. The third-order valence-electron chi connectivity index (χ3n) is 4.14. The van der Waals surface area contributed by atoms with Gasteiger partial charge < -0.3 is 4.74 Å². The highest BCUT2D eigenvalue weighted by Crippen LogP contribution is 2.38. The van der Waals surface area contributed by atoms with E-state index in [1.54, 1.807) is 0 Å². The SMILES string of the molecule is O=S(=O)(NC1CC2OCCCC12)c1c(F)c(F)cc(F)c1F. The predicted octanol–water partition coefficient (Wildman–Crippen LogP) is 2.09. The number of hydrogen-bond donors (Lipinski definition) is 1. The Balaban J connectivity index is 1.88. The fourth-order valence-electron chi connectivity index (χ4n) is 2.98. The van der Waals surface area contributed by atoms with E-state index in [-0.39, 0.29) is 18.1 Å². The molecule has 9 heteroatoms. The lowest BCUT2D eigenvalue weighted by Crippen LogP contribution is -2.57. The smallest absolute Gasteiger partial charge is 0.246 e. The van der Waals surface area contributed by atoms with Crippen molar-refractivity contribution in [1.29, 1.82) is 0 Å². The summed E-state index contributed by atoms with van der Waals surface area (Å²) >= 11 is 0. The van der Waals surface area contributed by atoms with Crippen LogP contribution >= 0.6 is 0 Å². The molecule has 1 N–H and O–H groups in total. The fraction of sp³-hybridized carbons (Fsp3) is 0.538. The highest BCUT2D eigenvalue weighted by Gasteiger charge is 2.46. The van der Waals surface area contributed by atoms with E-state index in [2.05, 4.69) is 4.72 Å². The summed E-state index contributed by atoms with van der Waals surface area (Å²) in [6.07, 6.45) is 1.77. The number of hydrogen-bond acceptors (Lipinski definition) is 3. The lowest BCUT2D eigenvalue weighted by molar-refractivity contribution is -0.0980. The van der Waals surface area contributed by atoms with Crippen LogP contribution in [0.3, 0.4) is 0 Å². The van der Waals surface area contributed by atoms with Crippen LogP contribution in [0.15, 0.2) is 11.0 Å². The molecule has 4 nitrogen and oxygen atoms in total. The predicted molar refractivity (Wildman–Crippen MR) is 67.5 cm³/mol. The fourth-order valence-corrected chi connectivity index (χ4v) is 4.43. The quantitative estimate of drug-likeness (QED) is 0.678. The first kappa shape index (κ1) is 15.7. The second-order valence-corrected chi connectivity index (χ2v) is 7.13. The van der Waals surface area contributed by atoms with Crippen molar-refractivity contribution in [3.63, 3.8) is 0 Å². The van der Waals surface area contributed by atoms with Crippen molar-refractivity contribution in [2.45, 2.75) is 36.3 Å². The van der Waals surface area contributed by atoms with E-state index >= 15 is 0 Å². The molecule has 0 radical (unpaired) electrons. The Labute approximate surface area is 124 Å². The van der Waals surface area contributed by atoms with E-state index < -0.39 is 44.2 Å². The molecule has 1 saturated heterocycles. The molecule has 2 fully saturated rings. The summed E-state index contributed by atoms with van der Waals surface area (Å²) < 4.78 is 85.3. The summed E-state index contributed by atoms with van der Waals surface area (Å²) in [4.78, 5) is -1.62. The molecule has 1 aromatic rings. The monoisotopic (exact) mass is 339 g/mol. The van der Waals surface area contributed by atoms with Gasteiger partial charge in [-0.15, -0.1) is 0 Å². The molecule has 0 bridgehead atoms. The molecule has 3 atom stereocenters. The Bertz CT molecular complexity index is 683. The first-order chi connectivity index (χ1) is 10.3. The van der Waals surface area contributed by atoms with Gasteiger partial charge in [-0.1, -0.05) is 0 Å². The molecule has 3 rings (SSSR count). The van der Waals surface area contributed by atoms with Crippen molar-refractivity contribution < 1.29 is 30.7 Å². The molecule has 2 aliphatic rings. The molecular weight excluding hydrogens is 326 g/mol. The zero-order valence-electron chi connectivity index (χ0n) is 11.3. The van der Waals surface area contributed by atoms with Crippen LogP contribution in [0, 0.1) is 29.2 Å². The van der Waals surface area contributed by atoms with Gasteiger partial charge >= 0.3 is 0 Å². The van der Waals surface area contributed by atoms with E-state index in [9.17, 15) is 26.0 Å². The van der Waals surface area contributed by atoms with Crippen molar-refractivity contribution in [2.75, 3.05) is 6.61 Å². The van der Waals surface area contributed by atoms with Crippen molar-refractivity contribution >= 4 is 10.0 Å².